The molecule has 2 aliphatic heterocycles. The molecule has 0 radical (unpaired) electrons. The number of benzene rings is 1. The van der Waals surface area contributed by atoms with Crippen molar-refractivity contribution in [1.29, 1.82) is 0 Å². The molecule has 2 heterocycles. The number of rotatable bonds is 4. The minimum absolute atomic E-state index is 0.0891. The lowest BCUT2D eigenvalue weighted by Crippen LogP contribution is -2.45. The van der Waals surface area contributed by atoms with Crippen molar-refractivity contribution in [2.24, 2.45) is 0 Å². The molecule has 0 spiro atoms. The quantitative estimate of drug-likeness (QED) is 0.912. The maximum atomic E-state index is 12.8. The highest BCUT2D eigenvalue weighted by Gasteiger charge is 2.43. The van der Waals surface area contributed by atoms with Crippen LogP contribution in [0, 0.1) is 0 Å². The number of hydrogen-bond acceptors (Lipinski definition) is 3. The Labute approximate surface area is 139 Å². The fourth-order valence-corrected chi connectivity index (χ4v) is 3.19. The minimum atomic E-state index is -0.526. The lowest BCUT2D eigenvalue weighted by molar-refractivity contribution is -0.126. The van der Waals surface area contributed by atoms with Crippen molar-refractivity contribution < 1.29 is 14.3 Å². The van der Waals surface area contributed by atoms with Gasteiger partial charge in [-0.2, -0.15) is 0 Å². The van der Waals surface area contributed by atoms with Crippen LogP contribution in [0.25, 0.3) is 0 Å². The van der Waals surface area contributed by atoms with Crippen LogP contribution in [-0.4, -0.2) is 55.6 Å². The summed E-state index contributed by atoms with van der Waals surface area (Å²) in [6, 6.07) is 6.48. The molecule has 0 aromatic heterocycles. The molecule has 6 nitrogen and oxygen atoms in total. The van der Waals surface area contributed by atoms with Gasteiger partial charge in [-0.1, -0.05) is 29.8 Å². The highest BCUT2D eigenvalue weighted by atomic mass is 35.5. The van der Waals surface area contributed by atoms with Gasteiger partial charge in [-0.3, -0.25) is 9.69 Å². The fourth-order valence-electron chi connectivity index (χ4n) is 2.95. The third-order valence-electron chi connectivity index (χ3n) is 4.22. The van der Waals surface area contributed by atoms with Gasteiger partial charge in [0.1, 0.15) is 0 Å². The van der Waals surface area contributed by atoms with Crippen LogP contribution in [0.2, 0.25) is 5.02 Å². The molecule has 1 atom stereocenters. The van der Waals surface area contributed by atoms with E-state index in [1.807, 2.05) is 18.2 Å². The lowest BCUT2D eigenvalue weighted by Gasteiger charge is -2.31. The number of carbonyl (C=O) groups excluding carboxylic acids is 2. The summed E-state index contributed by atoms with van der Waals surface area (Å²) in [7, 11) is 3.26. The number of carbonyl (C=O) groups is 2. The molecule has 1 N–H and O–H groups in total. The summed E-state index contributed by atoms with van der Waals surface area (Å²) in [5, 5.41) is 3.39. The van der Waals surface area contributed by atoms with Gasteiger partial charge in [0.25, 0.3) is 5.91 Å². The van der Waals surface area contributed by atoms with Crippen LogP contribution in [0.1, 0.15) is 11.6 Å². The van der Waals surface area contributed by atoms with Crippen molar-refractivity contribution in [2.45, 2.75) is 6.04 Å². The average molecular weight is 336 g/mol. The summed E-state index contributed by atoms with van der Waals surface area (Å²) < 4.78 is 5.05. The maximum absolute atomic E-state index is 12.8. The lowest BCUT2D eigenvalue weighted by atomic mass is 9.96. The fraction of sp³-hybridized carbons (Fsp3) is 0.375. The summed E-state index contributed by atoms with van der Waals surface area (Å²) in [5.74, 6) is -0.0891. The molecule has 3 amide bonds. The third-order valence-corrected chi connectivity index (χ3v) is 4.56. The molecule has 1 aromatic rings. The first-order valence-corrected chi connectivity index (χ1v) is 7.72. The van der Waals surface area contributed by atoms with Crippen LogP contribution in [0.3, 0.4) is 0 Å². The predicted molar refractivity (Wildman–Crippen MR) is 86.0 cm³/mol. The van der Waals surface area contributed by atoms with E-state index in [0.29, 0.717) is 30.3 Å². The number of likely N-dealkylation sites (N-methyl/N-ethyl adjacent to an activating group) is 1. The number of amides is 3. The number of ether oxygens (including phenoxy) is 1. The second kappa shape index (κ2) is 6.22. The predicted octanol–water partition coefficient (Wildman–Crippen LogP) is 1.78. The van der Waals surface area contributed by atoms with Crippen molar-refractivity contribution >= 4 is 23.5 Å². The molecular weight excluding hydrogens is 318 g/mol. The van der Waals surface area contributed by atoms with Gasteiger partial charge >= 0.3 is 6.03 Å². The van der Waals surface area contributed by atoms with Crippen molar-refractivity contribution in [2.75, 3.05) is 33.9 Å². The SMILES string of the molecule is COCCN1CC2=C(C1=O)[C@H](c1ccccc1Cl)NC(=O)N2C. The number of halogens is 1. The molecule has 7 heteroatoms. The Bertz CT molecular complexity index is 689. The summed E-state index contributed by atoms with van der Waals surface area (Å²) in [4.78, 5) is 28.2. The molecule has 2 aliphatic rings. The highest BCUT2D eigenvalue weighted by molar-refractivity contribution is 6.31. The summed E-state index contributed by atoms with van der Waals surface area (Å²) >= 11 is 6.27. The van der Waals surface area contributed by atoms with Crippen LogP contribution in [0.5, 0.6) is 0 Å². The van der Waals surface area contributed by atoms with Crippen LogP contribution < -0.4 is 5.32 Å². The van der Waals surface area contributed by atoms with E-state index in [4.69, 9.17) is 16.3 Å². The Morgan fingerprint density at radius 2 is 2.09 bits per heavy atom. The second-order valence-corrected chi connectivity index (χ2v) is 5.95. The number of methoxy groups -OCH3 is 1. The molecule has 3 rings (SSSR count). The van der Waals surface area contributed by atoms with E-state index in [1.54, 1.807) is 25.1 Å². The average Bonchev–Trinajstić information content (AvgIpc) is 2.87. The van der Waals surface area contributed by atoms with Crippen LogP contribution >= 0.6 is 11.6 Å². The summed E-state index contributed by atoms with van der Waals surface area (Å²) in [6.45, 7) is 1.34. The highest BCUT2D eigenvalue weighted by Crippen LogP contribution is 2.37. The molecular formula is C16H18ClN3O3. The van der Waals surface area contributed by atoms with E-state index >= 15 is 0 Å². The standard InChI is InChI=1S/C16H18ClN3O3/c1-19-12-9-20(7-8-23-2)15(21)13(12)14(18-16(19)22)10-5-3-4-6-11(10)17/h3-6,14H,7-9H2,1-2H3,(H,18,22)/t14-/m0/s1. The van der Waals surface area contributed by atoms with E-state index in [0.717, 1.165) is 11.3 Å². The van der Waals surface area contributed by atoms with E-state index in [-0.39, 0.29) is 11.9 Å². The third kappa shape index (κ3) is 2.68. The summed E-state index contributed by atoms with van der Waals surface area (Å²) in [5.41, 5.74) is 2.03. The van der Waals surface area contributed by atoms with Gasteiger partial charge in [0.15, 0.2) is 0 Å². The molecule has 0 saturated carbocycles. The molecule has 122 valence electrons. The van der Waals surface area contributed by atoms with Crippen molar-refractivity contribution in [3.8, 4) is 0 Å². The molecule has 0 saturated heterocycles. The van der Waals surface area contributed by atoms with Gasteiger partial charge in [0.05, 0.1) is 30.5 Å². The maximum Gasteiger partial charge on any atom is 0.322 e. The monoisotopic (exact) mass is 335 g/mol. The van der Waals surface area contributed by atoms with Gasteiger partial charge in [-0.15, -0.1) is 0 Å². The molecule has 0 aliphatic carbocycles. The Kier molecular flexibility index (Phi) is 4.28. The first kappa shape index (κ1) is 15.8. The molecule has 0 unspecified atom stereocenters. The van der Waals surface area contributed by atoms with E-state index in [9.17, 15) is 9.59 Å². The Morgan fingerprint density at radius 3 is 2.78 bits per heavy atom. The van der Waals surface area contributed by atoms with Crippen LogP contribution in [0.4, 0.5) is 4.79 Å². The molecule has 0 fully saturated rings. The normalized spacial score (nSPS) is 20.9. The topological polar surface area (TPSA) is 61.9 Å². The van der Waals surface area contributed by atoms with Gasteiger partial charge in [0.2, 0.25) is 0 Å². The number of nitrogens with zero attached hydrogens (tertiary/aromatic N) is 2. The van der Waals surface area contributed by atoms with Crippen molar-refractivity contribution in [3.63, 3.8) is 0 Å². The zero-order valence-corrected chi connectivity index (χ0v) is 13.8. The first-order chi connectivity index (χ1) is 11.0. The zero-order chi connectivity index (χ0) is 16.6. The minimum Gasteiger partial charge on any atom is -0.383 e. The largest absolute Gasteiger partial charge is 0.383 e. The van der Waals surface area contributed by atoms with Crippen molar-refractivity contribution in [1.82, 2.24) is 15.1 Å². The van der Waals surface area contributed by atoms with Crippen LogP contribution in [0.15, 0.2) is 35.5 Å². The Balaban J connectivity index is 2.00. The zero-order valence-electron chi connectivity index (χ0n) is 13.0. The summed E-state index contributed by atoms with van der Waals surface area (Å²) in [6.07, 6.45) is 0. The molecule has 23 heavy (non-hydrogen) atoms. The van der Waals surface area contributed by atoms with Gasteiger partial charge < -0.3 is 15.0 Å². The Hall–Kier alpha value is -2.05. The Morgan fingerprint density at radius 1 is 1.35 bits per heavy atom. The molecule has 0 bridgehead atoms. The van der Waals surface area contributed by atoms with Gasteiger partial charge in [-0.25, -0.2) is 4.79 Å². The number of urea groups is 1. The van der Waals surface area contributed by atoms with Gasteiger partial charge in [0, 0.05) is 25.7 Å². The van der Waals surface area contributed by atoms with Gasteiger partial charge in [-0.05, 0) is 11.6 Å². The van der Waals surface area contributed by atoms with Crippen molar-refractivity contribution in [3.05, 3.63) is 46.1 Å². The second-order valence-electron chi connectivity index (χ2n) is 5.54. The smallest absolute Gasteiger partial charge is 0.322 e. The van der Waals surface area contributed by atoms with E-state index in [1.165, 1.54) is 4.90 Å². The first-order valence-electron chi connectivity index (χ1n) is 7.34. The number of nitrogens with one attached hydrogen (secondary N) is 1. The van der Waals surface area contributed by atoms with E-state index < -0.39 is 6.04 Å². The van der Waals surface area contributed by atoms with E-state index in [2.05, 4.69) is 5.32 Å². The number of hydrogen-bond donors (Lipinski definition) is 1. The van der Waals surface area contributed by atoms with Crippen LogP contribution in [-0.2, 0) is 9.53 Å². The molecule has 1 aromatic carbocycles.